The van der Waals surface area contributed by atoms with Crippen LogP contribution >= 0.6 is 0 Å². The number of aromatic hydroxyl groups is 1. The number of benzene rings is 2. The molecule has 2 heterocycles. The Kier molecular flexibility index (Phi) is 7.80. The summed E-state index contributed by atoms with van der Waals surface area (Å²) in [6.07, 6.45) is 11.4. The molecule has 0 radical (unpaired) electrons. The number of nitrogens with zero attached hydrogens (tertiary/aromatic N) is 1. The van der Waals surface area contributed by atoms with Crippen LogP contribution in [0.2, 0.25) is 0 Å². The van der Waals surface area contributed by atoms with Gasteiger partial charge >= 0.3 is 0 Å². The average Bonchev–Trinajstić information content (AvgIpc) is 2.80. The summed E-state index contributed by atoms with van der Waals surface area (Å²) in [5.41, 5.74) is 4.85. The van der Waals surface area contributed by atoms with Gasteiger partial charge in [0, 0.05) is 31.1 Å². The van der Waals surface area contributed by atoms with Gasteiger partial charge in [-0.25, -0.2) is 0 Å². The fraction of sp³-hybridized carbons (Fsp3) is 0.533. The molecule has 3 heteroatoms. The van der Waals surface area contributed by atoms with E-state index in [-0.39, 0.29) is 11.5 Å². The lowest BCUT2D eigenvalue weighted by atomic mass is 9.77. The Morgan fingerprint density at radius 3 is 2.58 bits per heavy atom. The minimum Gasteiger partial charge on any atom is -0.507 e. The molecule has 33 heavy (non-hydrogen) atoms. The predicted molar refractivity (Wildman–Crippen MR) is 137 cm³/mol. The van der Waals surface area contributed by atoms with E-state index in [0.29, 0.717) is 5.75 Å². The summed E-state index contributed by atoms with van der Waals surface area (Å²) in [5.74, 6) is 1.56. The Morgan fingerprint density at radius 1 is 1.03 bits per heavy atom. The minimum absolute atomic E-state index is 0.226. The van der Waals surface area contributed by atoms with Crippen LogP contribution in [0.5, 0.6) is 11.5 Å². The molecule has 2 aromatic carbocycles. The Morgan fingerprint density at radius 2 is 1.85 bits per heavy atom. The maximum absolute atomic E-state index is 11.1. The van der Waals surface area contributed by atoms with Crippen LogP contribution in [0, 0.1) is 0 Å². The standard InChI is InChI=1S/C30H41NO2/c1-4-5-6-8-13-24-20-27(32)29-26(22-30(2,3)33-28(29)21-24)25-15-18-31(19-16-25)17-14-23-11-9-7-10-12-23/h7,9-12,15,20-21,26,32H,4-6,8,13-14,16-19,22H2,1-3H3. The molecule has 0 saturated carbocycles. The van der Waals surface area contributed by atoms with Gasteiger partial charge in [-0.15, -0.1) is 0 Å². The molecule has 1 N–H and O–H groups in total. The van der Waals surface area contributed by atoms with Crippen molar-refractivity contribution in [1.82, 2.24) is 4.90 Å². The lowest BCUT2D eigenvalue weighted by molar-refractivity contribution is 0.0746. The second-order valence-electron chi connectivity index (χ2n) is 10.5. The number of hydrogen-bond acceptors (Lipinski definition) is 3. The normalized spacial score (nSPS) is 20.1. The third-order valence-corrected chi connectivity index (χ3v) is 7.26. The Hall–Kier alpha value is -2.26. The molecule has 4 rings (SSSR count). The third-order valence-electron chi connectivity index (χ3n) is 7.26. The van der Waals surface area contributed by atoms with Crippen molar-refractivity contribution in [3.8, 4) is 11.5 Å². The SMILES string of the molecule is CCCCCCc1cc(O)c2c(c1)OC(C)(C)CC2C1=CCN(CCc2ccccc2)CC1. The summed E-state index contributed by atoms with van der Waals surface area (Å²) in [5, 5.41) is 11.1. The molecular formula is C30H41NO2. The predicted octanol–water partition coefficient (Wildman–Crippen LogP) is 7.03. The zero-order chi connectivity index (χ0) is 23.3. The Bertz CT molecular complexity index is 947. The zero-order valence-electron chi connectivity index (χ0n) is 20.8. The van der Waals surface area contributed by atoms with Gasteiger partial charge in [-0.1, -0.05) is 68.2 Å². The maximum Gasteiger partial charge on any atom is 0.127 e. The van der Waals surface area contributed by atoms with Crippen molar-refractivity contribution >= 4 is 0 Å². The maximum atomic E-state index is 11.1. The van der Waals surface area contributed by atoms with E-state index in [1.165, 1.54) is 42.4 Å². The highest BCUT2D eigenvalue weighted by Crippen LogP contribution is 2.49. The van der Waals surface area contributed by atoms with Gasteiger partial charge in [0.15, 0.2) is 0 Å². The highest BCUT2D eigenvalue weighted by molar-refractivity contribution is 5.54. The first-order valence-electron chi connectivity index (χ1n) is 12.9. The first kappa shape index (κ1) is 23.9. The van der Waals surface area contributed by atoms with Crippen molar-refractivity contribution in [2.75, 3.05) is 19.6 Å². The van der Waals surface area contributed by atoms with Gasteiger partial charge in [-0.3, -0.25) is 4.90 Å². The van der Waals surface area contributed by atoms with E-state index in [4.69, 9.17) is 4.74 Å². The van der Waals surface area contributed by atoms with Crippen LogP contribution in [0.4, 0.5) is 0 Å². The number of phenolic OH excluding ortho intramolecular Hbond substituents is 1. The first-order chi connectivity index (χ1) is 15.9. The highest BCUT2D eigenvalue weighted by Gasteiger charge is 2.38. The molecule has 2 aliphatic heterocycles. The second kappa shape index (κ2) is 10.8. The van der Waals surface area contributed by atoms with Crippen LogP contribution < -0.4 is 4.74 Å². The molecule has 0 fully saturated rings. The van der Waals surface area contributed by atoms with E-state index in [0.717, 1.165) is 56.6 Å². The number of phenols is 1. The fourth-order valence-electron chi connectivity index (χ4n) is 5.43. The number of fused-ring (bicyclic) bond motifs is 1. The Balaban J connectivity index is 1.46. The molecule has 2 aromatic rings. The lowest BCUT2D eigenvalue weighted by Crippen LogP contribution is -2.37. The van der Waals surface area contributed by atoms with E-state index < -0.39 is 0 Å². The molecule has 1 unspecified atom stereocenters. The monoisotopic (exact) mass is 447 g/mol. The summed E-state index contributed by atoms with van der Waals surface area (Å²) in [6.45, 7) is 9.78. The van der Waals surface area contributed by atoms with E-state index in [2.05, 4.69) is 68.1 Å². The lowest BCUT2D eigenvalue weighted by Gasteiger charge is -2.40. The van der Waals surface area contributed by atoms with Crippen LogP contribution in [-0.2, 0) is 12.8 Å². The molecule has 0 aromatic heterocycles. The molecule has 0 spiro atoms. The van der Waals surface area contributed by atoms with E-state index in [1.54, 1.807) is 0 Å². The quantitative estimate of drug-likeness (QED) is 0.331. The molecule has 3 nitrogen and oxygen atoms in total. The van der Waals surface area contributed by atoms with Crippen molar-refractivity contribution in [3.05, 3.63) is 70.8 Å². The number of hydrogen-bond donors (Lipinski definition) is 1. The molecule has 0 saturated heterocycles. The van der Waals surface area contributed by atoms with E-state index in [1.807, 2.05) is 6.07 Å². The van der Waals surface area contributed by atoms with Crippen molar-refractivity contribution < 1.29 is 9.84 Å². The summed E-state index contributed by atoms with van der Waals surface area (Å²) >= 11 is 0. The highest BCUT2D eigenvalue weighted by atomic mass is 16.5. The first-order valence-corrected chi connectivity index (χ1v) is 12.9. The van der Waals surface area contributed by atoms with E-state index in [9.17, 15) is 5.11 Å². The van der Waals surface area contributed by atoms with Gasteiger partial charge in [-0.05, 0) is 69.2 Å². The number of ether oxygens (including phenoxy) is 1. The minimum atomic E-state index is -0.226. The zero-order valence-corrected chi connectivity index (χ0v) is 20.8. The van der Waals surface area contributed by atoms with Crippen LogP contribution in [0.1, 0.15) is 81.9 Å². The van der Waals surface area contributed by atoms with Crippen molar-refractivity contribution in [2.45, 2.75) is 83.7 Å². The smallest absolute Gasteiger partial charge is 0.127 e. The van der Waals surface area contributed by atoms with Gasteiger partial charge in [0.2, 0.25) is 0 Å². The van der Waals surface area contributed by atoms with Crippen molar-refractivity contribution in [2.24, 2.45) is 0 Å². The van der Waals surface area contributed by atoms with Crippen LogP contribution in [0.25, 0.3) is 0 Å². The molecule has 0 bridgehead atoms. The summed E-state index contributed by atoms with van der Waals surface area (Å²) < 4.78 is 6.40. The molecule has 0 aliphatic carbocycles. The van der Waals surface area contributed by atoms with Gasteiger partial charge in [0.1, 0.15) is 17.1 Å². The Labute approximate surface area is 200 Å². The van der Waals surface area contributed by atoms with Crippen molar-refractivity contribution in [1.29, 1.82) is 0 Å². The summed E-state index contributed by atoms with van der Waals surface area (Å²) in [7, 11) is 0. The molecule has 0 amide bonds. The van der Waals surface area contributed by atoms with Crippen LogP contribution in [-0.4, -0.2) is 35.2 Å². The number of unbranched alkanes of at least 4 members (excludes halogenated alkanes) is 3. The largest absolute Gasteiger partial charge is 0.507 e. The van der Waals surface area contributed by atoms with Crippen molar-refractivity contribution in [3.63, 3.8) is 0 Å². The molecule has 2 aliphatic rings. The average molecular weight is 448 g/mol. The van der Waals surface area contributed by atoms with E-state index >= 15 is 0 Å². The second-order valence-corrected chi connectivity index (χ2v) is 10.5. The van der Waals surface area contributed by atoms with Gasteiger partial charge in [0.25, 0.3) is 0 Å². The third kappa shape index (κ3) is 6.20. The molecule has 1 atom stereocenters. The van der Waals surface area contributed by atoms with Crippen LogP contribution in [0.3, 0.4) is 0 Å². The number of rotatable bonds is 9. The fourth-order valence-corrected chi connectivity index (χ4v) is 5.43. The molecular weight excluding hydrogens is 406 g/mol. The van der Waals surface area contributed by atoms with Gasteiger partial charge in [-0.2, -0.15) is 0 Å². The topological polar surface area (TPSA) is 32.7 Å². The summed E-state index contributed by atoms with van der Waals surface area (Å²) in [6, 6.07) is 14.9. The van der Waals surface area contributed by atoms with Crippen LogP contribution in [0.15, 0.2) is 54.1 Å². The van der Waals surface area contributed by atoms with Gasteiger partial charge < -0.3 is 9.84 Å². The molecule has 178 valence electrons. The summed E-state index contributed by atoms with van der Waals surface area (Å²) in [4.78, 5) is 2.54. The number of aryl methyl sites for hydroxylation is 1. The van der Waals surface area contributed by atoms with Gasteiger partial charge in [0.05, 0.1) is 0 Å².